The minimum Gasteiger partial charge on any atom is -0.456 e. The third kappa shape index (κ3) is 4.16. The smallest absolute Gasteiger partial charge is 0.136 e. The number of pyridine rings is 1. The first kappa shape index (κ1) is 26.0. The molecule has 2 nitrogen and oxygen atoms in total. The van der Waals surface area contributed by atoms with Crippen molar-refractivity contribution in [2.45, 2.75) is 0 Å². The lowest BCUT2D eigenvalue weighted by atomic mass is 9.91. The van der Waals surface area contributed by atoms with E-state index in [0.717, 1.165) is 55.6 Å². The summed E-state index contributed by atoms with van der Waals surface area (Å²) < 4.78 is 6.48. The highest BCUT2D eigenvalue weighted by atomic mass is 16.3. The summed E-state index contributed by atoms with van der Waals surface area (Å²) in [4.78, 5) is 5.12. The van der Waals surface area contributed by atoms with Crippen molar-refractivity contribution in [3.8, 4) is 44.8 Å². The predicted octanol–water partition coefficient (Wildman–Crippen LogP) is 12.5. The number of nitrogens with zero attached hydrogens (tertiary/aromatic N) is 1. The van der Waals surface area contributed by atoms with Crippen LogP contribution >= 0.6 is 0 Å². The number of aromatic nitrogens is 1. The summed E-state index contributed by atoms with van der Waals surface area (Å²) in [6, 6.07) is 58.5. The van der Waals surface area contributed by atoms with E-state index in [-0.39, 0.29) is 0 Å². The van der Waals surface area contributed by atoms with Gasteiger partial charge in [0, 0.05) is 21.9 Å². The average molecular weight is 598 g/mol. The molecule has 0 amide bonds. The molecule has 0 radical (unpaired) electrons. The molecule has 0 atom stereocenters. The van der Waals surface area contributed by atoms with Crippen molar-refractivity contribution < 1.29 is 4.42 Å². The molecule has 0 unspecified atom stereocenters. The lowest BCUT2D eigenvalue weighted by Gasteiger charge is -2.13. The van der Waals surface area contributed by atoms with E-state index >= 15 is 0 Å². The minimum absolute atomic E-state index is 0.879. The maximum absolute atomic E-state index is 6.48. The van der Waals surface area contributed by atoms with Gasteiger partial charge in [-0.3, -0.25) is 0 Å². The third-order valence-electron chi connectivity index (χ3n) is 9.57. The van der Waals surface area contributed by atoms with Gasteiger partial charge >= 0.3 is 0 Å². The number of hydrogen-bond acceptors (Lipinski definition) is 2. The lowest BCUT2D eigenvalue weighted by Crippen LogP contribution is -1.91. The van der Waals surface area contributed by atoms with Crippen molar-refractivity contribution >= 4 is 54.3 Å². The lowest BCUT2D eigenvalue weighted by molar-refractivity contribution is 0.669. The molecule has 0 saturated heterocycles. The van der Waals surface area contributed by atoms with Gasteiger partial charge in [-0.2, -0.15) is 0 Å². The molecule has 218 valence electrons. The Balaban J connectivity index is 1.19. The summed E-state index contributed by atoms with van der Waals surface area (Å²) in [5.41, 5.74) is 10.4. The van der Waals surface area contributed by atoms with Crippen molar-refractivity contribution in [2.24, 2.45) is 0 Å². The first-order valence-corrected chi connectivity index (χ1v) is 16.0. The summed E-state index contributed by atoms with van der Waals surface area (Å²) in [6.45, 7) is 0. The summed E-state index contributed by atoms with van der Waals surface area (Å²) in [5, 5.41) is 10.0. The molecule has 0 aliphatic heterocycles. The van der Waals surface area contributed by atoms with Crippen LogP contribution in [0, 0.1) is 0 Å². The maximum Gasteiger partial charge on any atom is 0.136 e. The number of fused-ring (bicyclic) bond motifs is 3. The Hall–Kier alpha value is -6.25. The summed E-state index contributed by atoms with van der Waals surface area (Å²) in [5.74, 6) is 0. The van der Waals surface area contributed by atoms with E-state index < -0.39 is 0 Å². The van der Waals surface area contributed by atoms with E-state index in [0.29, 0.717) is 0 Å². The van der Waals surface area contributed by atoms with E-state index in [2.05, 4.69) is 152 Å². The molecule has 0 aliphatic rings. The Morgan fingerprint density at radius 1 is 0.340 bits per heavy atom. The van der Waals surface area contributed by atoms with Crippen LogP contribution in [0.1, 0.15) is 0 Å². The van der Waals surface area contributed by atoms with E-state index in [9.17, 15) is 0 Å². The largest absolute Gasteiger partial charge is 0.456 e. The Bertz CT molecular complexity index is 2650. The molecule has 8 aromatic carbocycles. The van der Waals surface area contributed by atoms with Gasteiger partial charge < -0.3 is 4.42 Å². The first-order chi connectivity index (χ1) is 23.3. The van der Waals surface area contributed by atoms with Gasteiger partial charge in [0.2, 0.25) is 0 Å². The number of furan rings is 1. The number of benzene rings is 8. The average Bonchev–Trinajstić information content (AvgIpc) is 3.52. The molecular weight excluding hydrogens is 571 g/mol. The molecule has 10 rings (SSSR count). The maximum atomic E-state index is 6.48. The summed E-state index contributed by atoms with van der Waals surface area (Å²) >= 11 is 0. The van der Waals surface area contributed by atoms with Gasteiger partial charge in [0.15, 0.2) is 0 Å². The highest BCUT2D eigenvalue weighted by Gasteiger charge is 2.17. The number of hydrogen-bond donors (Lipinski definition) is 0. The normalized spacial score (nSPS) is 11.8. The molecule has 0 spiro atoms. The molecule has 2 heterocycles. The predicted molar refractivity (Wildman–Crippen MR) is 197 cm³/mol. The molecule has 0 N–H and O–H groups in total. The molecular formula is C45H27NO. The van der Waals surface area contributed by atoms with Gasteiger partial charge in [-0.05, 0) is 97.0 Å². The molecule has 0 bridgehead atoms. The van der Waals surface area contributed by atoms with Crippen molar-refractivity contribution in [3.63, 3.8) is 0 Å². The highest BCUT2D eigenvalue weighted by Crippen LogP contribution is 2.42. The standard InChI is InChI=1S/C45H27NO/c1-3-9-28(10-4-1)39-26-36(27-40(46-39)29-11-5-2-6-12-29)37-15-8-16-42-45(37)38-25-32(21-22-41(38)47-42)35-23-33-19-17-30-13-7-14-31-18-20-34(24-35)44(33)43(30)31/h1-27H. The van der Waals surface area contributed by atoms with Crippen molar-refractivity contribution in [3.05, 3.63) is 164 Å². The Morgan fingerprint density at radius 2 is 0.936 bits per heavy atom. The third-order valence-corrected chi connectivity index (χ3v) is 9.57. The van der Waals surface area contributed by atoms with Crippen LogP contribution in [0.25, 0.3) is 99.0 Å². The van der Waals surface area contributed by atoms with Gasteiger partial charge in [0.1, 0.15) is 11.2 Å². The van der Waals surface area contributed by atoms with Gasteiger partial charge in [-0.15, -0.1) is 0 Å². The zero-order chi connectivity index (χ0) is 30.9. The van der Waals surface area contributed by atoms with Gasteiger partial charge in [0.25, 0.3) is 0 Å². The number of rotatable bonds is 4. The molecule has 0 saturated carbocycles. The monoisotopic (exact) mass is 597 g/mol. The van der Waals surface area contributed by atoms with E-state index in [1.54, 1.807) is 0 Å². The first-order valence-electron chi connectivity index (χ1n) is 16.0. The highest BCUT2D eigenvalue weighted by molar-refractivity contribution is 6.24. The van der Waals surface area contributed by atoms with E-state index in [1.165, 1.54) is 43.4 Å². The summed E-state index contributed by atoms with van der Waals surface area (Å²) in [7, 11) is 0. The van der Waals surface area contributed by atoms with E-state index in [4.69, 9.17) is 9.40 Å². The van der Waals surface area contributed by atoms with Crippen molar-refractivity contribution in [1.82, 2.24) is 4.98 Å². The minimum atomic E-state index is 0.879. The van der Waals surface area contributed by atoms with Crippen LogP contribution in [0.3, 0.4) is 0 Å². The zero-order valence-corrected chi connectivity index (χ0v) is 25.4. The second-order valence-electron chi connectivity index (χ2n) is 12.4. The molecule has 0 fully saturated rings. The Morgan fingerprint density at radius 3 is 1.60 bits per heavy atom. The quantitative estimate of drug-likeness (QED) is 0.189. The summed E-state index contributed by atoms with van der Waals surface area (Å²) in [6.07, 6.45) is 0. The fraction of sp³-hybridized carbons (Fsp3) is 0. The van der Waals surface area contributed by atoms with Gasteiger partial charge in [-0.25, -0.2) is 4.98 Å². The van der Waals surface area contributed by atoms with Crippen LogP contribution in [0.4, 0.5) is 0 Å². The van der Waals surface area contributed by atoms with Crippen LogP contribution in [0.2, 0.25) is 0 Å². The van der Waals surface area contributed by atoms with Crippen LogP contribution in [-0.2, 0) is 0 Å². The van der Waals surface area contributed by atoms with Crippen LogP contribution in [0.5, 0.6) is 0 Å². The van der Waals surface area contributed by atoms with Crippen LogP contribution < -0.4 is 0 Å². The fourth-order valence-electron chi connectivity index (χ4n) is 7.37. The second-order valence-corrected chi connectivity index (χ2v) is 12.4. The fourth-order valence-corrected chi connectivity index (χ4v) is 7.37. The second kappa shape index (κ2) is 10.1. The molecule has 47 heavy (non-hydrogen) atoms. The SMILES string of the molecule is c1ccc(-c2cc(-c3cccc4oc5ccc(-c6cc7ccc8cccc9ccc(c6)c7c89)cc5c34)cc(-c3ccccc3)n2)cc1. The Labute approximate surface area is 271 Å². The Kier molecular flexibility index (Phi) is 5.61. The van der Waals surface area contributed by atoms with Crippen LogP contribution in [0.15, 0.2) is 168 Å². The molecule has 2 heteroatoms. The van der Waals surface area contributed by atoms with Gasteiger partial charge in [-0.1, -0.05) is 121 Å². The van der Waals surface area contributed by atoms with Gasteiger partial charge in [0.05, 0.1) is 11.4 Å². The van der Waals surface area contributed by atoms with Crippen molar-refractivity contribution in [1.29, 1.82) is 0 Å². The topological polar surface area (TPSA) is 26.0 Å². The zero-order valence-electron chi connectivity index (χ0n) is 25.4. The molecule has 10 aromatic rings. The van der Waals surface area contributed by atoms with Crippen molar-refractivity contribution in [2.75, 3.05) is 0 Å². The molecule has 0 aliphatic carbocycles. The van der Waals surface area contributed by atoms with Crippen LogP contribution in [-0.4, -0.2) is 4.98 Å². The molecule has 2 aromatic heterocycles. The van der Waals surface area contributed by atoms with E-state index in [1.807, 2.05) is 12.1 Å².